The van der Waals surface area contributed by atoms with Crippen molar-refractivity contribution in [3.63, 3.8) is 0 Å². The number of nitrogens with one attached hydrogen (secondary N) is 1. The quantitative estimate of drug-likeness (QED) is 0.406. The summed E-state index contributed by atoms with van der Waals surface area (Å²) in [5.41, 5.74) is 3.03. The molecule has 0 radical (unpaired) electrons. The van der Waals surface area contributed by atoms with Gasteiger partial charge in [-0.05, 0) is 11.6 Å². The molecule has 10 nitrogen and oxygen atoms in total. The van der Waals surface area contributed by atoms with Gasteiger partial charge in [0.25, 0.3) is 0 Å². The van der Waals surface area contributed by atoms with Gasteiger partial charge in [-0.3, -0.25) is 0 Å². The highest BCUT2D eigenvalue weighted by molar-refractivity contribution is 5.80. The van der Waals surface area contributed by atoms with Crippen LogP contribution in [0.15, 0.2) is 42.6 Å². The molecule has 5 unspecified atom stereocenters. The molecule has 1 aliphatic heterocycles. The molecular formula is C19H20N4O6. The second-order valence-corrected chi connectivity index (χ2v) is 6.86. The number of fused-ring (bicyclic) bond motifs is 1. The maximum absolute atomic E-state index is 11.3. The van der Waals surface area contributed by atoms with E-state index >= 15 is 0 Å². The largest absolute Gasteiger partial charge is 0.479 e. The fraction of sp³-hybridized carbons (Fsp3) is 0.316. The molecule has 5 N–H and O–H groups in total. The number of aryl methyl sites for hydroxylation is 1. The lowest BCUT2D eigenvalue weighted by Gasteiger charge is -2.39. The summed E-state index contributed by atoms with van der Waals surface area (Å²) in [7, 11) is 1.73. The number of aliphatic carboxylic acids is 1. The number of nitrogens with zero attached hydrogens (tertiary/aromatic N) is 3. The van der Waals surface area contributed by atoms with Crippen molar-refractivity contribution in [2.45, 2.75) is 30.6 Å². The fourth-order valence-corrected chi connectivity index (χ4v) is 3.32. The number of benzene rings is 1. The van der Waals surface area contributed by atoms with Crippen LogP contribution in [0.25, 0.3) is 22.3 Å². The van der Waals surface area contributed by atoms with E-state index in [1.807, 2.05) is 36.4 Å². The van der Waals surface area contributed by atoms with Crippen molar-refractivity contribution in [3.8, 4) is 11.1 Å². The monoisotopic (exact) mass is 400 g/mol. The number of hydrogen-bond acceptors (Lipinski definition) is 8. The molecule has 3 aromatic rings. The van der Waals surface area contributed by atoms with E-state index in [1.165, 1.54) is 0 Å². The second kappa shape index (κ2) is 7.41. The van der Waals surface area contributed by atoms with Crippen LogP contribution >= 0.6 is 0 Å². The highest BCUT2D eigenvalue weighted by Gasteiger charge is 2.47. The van der Waals surface area contributed by atoms with Crippen LogP contribution < -0.4 is 5.32 Å². The van der Waals surface area contributed by atoms with Gasteiger partial charge in [0.15, 0.2) is 18.0 Å². The molecule has 0 aliphatic carbocycles. The van der Waals surface area contributed by atoms with Crippen LogP contribution in [0.3, 0.4) is 0 Å². The normalized spacial score (nSPS) is 27.1. The van der Waals surface area contributed by atoms with Gasteiger partial charge < -0.3 is 35.0 Å². The van der Waals surface area contributed by atoms with Gasteiger partial charge in [0.05, 0.1) is 5.52 Å². The minimum absolute atomic E-state index is 0.259. The summed E-state index contributed by atoms with van der Waals surface area (Å²) in [5.74, 6) is -1.19. The standard InChI is InChI=1S/C19H20N4O6/c1-23-11-7-10(9-5-3-2-4-6-9)8-20-16(11)21-19(23)22-17-14(26)12(24)13(25)15(29-17)18(27)28/h2-8,12-15,17,24-26H,1H3,(H,27,28)(H,20,21,22). The van der Waals surface area contributed by atoms with Crippen molar-refractivity contribution < 1.29 is 30.0 Å². The average Bonchev–Trinajstić information content (AvgIpc) is 3.03. The number of carbonyl (C=O) groups is 1. The third kappa shape index (κ3) is 3.42. The molecule has 0 amide bonds. The number of carboxylic acid groups (broad SMARTS) is 1. The zero-order valence-corrected chi connectivity index (χ0v) is 15.4. The highest BCUT2D eigenvalue weighted by atomic mass is 16.6. The molecule has 1 aliphatic rings. The first-order chi connectivity index (χ1) is 13.9. The Hall–Kier alpha value is -3.05. The molecular weight excluding hydrogens is 380 g/mol. The van der Waals surface area contributed by atoms with Gasteiger partial charge in [-0.25, -0.2) is 9.78 Å². The number of aromatic nitrogens is 3. The first-order valence-electron chi connectivity index (χ1n) is 8.93. The molecule has 152 valence electrons. The minimum Gasteiger partial charge on any atom is -0.479 e. The number of imidazole rings is 1. The number of pyridine rings is 1. The molecule has 0 bridgehead atoms. The number of rotatable bonds is 4. The van der Waals surface area contributed by atoms with E-state index in [9.17, 15) is 20.1 Å². The van der Waals surface area contributed by atoms with Gasteiger partial charge in [-0.2, -0.15) is 4.98 Å². The van der Waals surface area contributed by atoms with Gasteiger partial charge >= 0.3 is 5.97 Å². The van der Waals surface area contributed by atoms with Crippen LogP contribution in [-0.4, -0.2) is 71.6 Å². The summed E-state index contributed by atoms with van der Waals surface area (Å²) in [5, 5.41) is 41.9. The minimum atomic E-state index is -1.75. The topological polar surface area (TPSA) is 150 Å². The van der Waals surface area contributed by atoms with Crippen LogP contribution in [0, 0.1) is 0 Å². The van der Waals surface area contributed by atoms with Gasteiger partial charge in [-0.1, -0.05) is 30.3 Å². The summed E-state index contributed by atoms with van der Waals surface area (Å²) in [6, 6.07) is 11.6. The number of aliphatic hydroxyl groups excluding tert-OH is 3. The summed E-state index contributed by atoms with van der Waals surface area (Å²) < 4.78 is 6.93. The SMILES string of the molecule is Cn1c(NC2OC(C(=O)O)C(O)C(O)C2O)nc2ncc(-c3ccccc3)cc21. The van der Waals surface area contributed by atoms with E-state index in [-0.39, 0.29) is 5.95 Å². The van der Waals surface area contributed by atoms with E-state index in [2.05, 4.69) is 15.3 Å². The molecule has 10 heteroatoms. The van der Waals surface area contributed by atoms with Gasteiger partial charge in [-0.15, -0.1) is 0 Å². The molecule has 2 aromatic heterocycles. The van der Waals surface area contributed by atoms with Crippen LogP contribution in [0.2, 0.25) is 0 Å². The molecule has 29 heavy (non-hydrogen) atoms. The van der Waals surface area contributed by atoms with Crippen molar-refractivity contribution in [2.24, 2.45) is 7.05 Å². The lowest BCUT2D eigenvalue weighted by Crippen LogP contribution is -2.61. The third-order valence-electron chi connectivity index (χ3n) is 4.97. The molecule has 4 rings (SSSR count). The third-order valence-corrected chi connectivity index (χ3v) is 4.97. The number of hydrogen-bond donors (Lipinski definition) is 5. The van der Waals surface area contributed by atoms with Crippen molar-refractivity contribution in [3.05, 3.63) is 42.6 Å². The van der Waals surface area contributed by atoms with Crippen LogP contribution in [-0.2, 0) is 16.6 Å². The Morgan fingerprint density at radius 3 is 2.52 bits per heavy atom. The molecule has 1 fully saturated rings. The number of carboxylic acids is 1. The Morgan fingerprint density at radius 1 is 1.10 bits per heavy atom. The fourth-order valence-electron chi connectivity index (χ4n) is 3.32. The van der Waals surface area contributed by atoms with Crippen LogP contribution in [0.4, 0.5) is 5.95 Å². The summed E-state index contributed by atoms with van der Waals surface area (Å²) in [6.45, 7) is 0. The Balaban J connectivity index is 1.64. The molecule has 3 heterocycles. The van der Waals surface area contributed by atoms with Gasteiger partial charge in [0.2, 0.25) is 5.95 Å². The molecule has 0 saturated carbocycles. The van der Waals surface area contributed by atoms with Gasteiger partial charge in [0.1, 0.15) is 18.3 Å². The Bertz CT molecular complexity index is 1040. The number of ether oxygens (including phenoxy) is 1. The second-order valence-electron chi connectivity index (χ2n) is 6.86. The van der Waals surface area contributed by atoms with Crippen molar-refractivity contribution in [1.82, 2.24) is 14.5 Å². The predicted molar refractivity (Wildman–Crippen MR) is 102 cm³/mol. The summed E-state index contributed by atoms with van der Waals surface area (Å²) in [4.78, 5) is 20.0. The van der Waals surface area contributed by atoms with E-state index in [0.29, 0.717) is 11.2 Å². The molecule has 1 saturated heterocycles. The summed E-state index contributed by atoms with van der Waals surface area (Å²) >= 11 is 0. The lowest BCUT2D eigenvalue weighted by molar-refractivity contribution is -0.221. The average molecular weight is 400 g/mol. The Morgan fingerprint density at radius 2 is 1.83 bits per heavy atom. The van der Waals surface area contributed by atoms with Crippen LogP contribution in [0.1, 0.15) is 0 Å². The smallest absolute Gasteiger partial charge is 0.335 e. The van der Waals surface area contributed by atoms with E-state index in [1.54, 1.807) is 17.8 Å². The van der Waals surface area contributed by atoms with Gasteiger partial charge in [0, 0.05) is 18.8 Å². The molecule has 5 atom stereocenters. The van der Waals surface area contributed by atoms with Crippen molar-refractivity contribution in [1.29, 1.82) is 0 Å². The molecule has 1 aromatic carbocycles. The number of aliphatic hydroxyl groups is 3. The Labute approximate surface area is 165 Å². The lowest BCUT2D eigenvalue weighted by atomic mass is 9.98. The predicted octanol–water partition coefficient (Wildman–Crippen LogP) is -0.0606. The molecule has 0 spiro atoms. The summed E-state index contributed by atoms with van der Waals surface area (Å²) in [6.07, 6.45) is -6.30. The Kier molecular flexibility index (Phi) is 4.92. The first-order valence-corrected chi connectivity index (χ1v) is 8.93. The highest BCUT2D eigenvalue weighted by Crippen LogP contribution is 2.27. The van der Waals surface area contributed by atoms with Crippen molar-refractivity contribution >= 4 is 23.1 Å². The van der Waals surface area contributed by atoms with Crippen molar-refractivity contribution in [2.75, 3.05) is 5.32 Å². The van der Waals surface area contributed by atoms with Crippen LogP contribution in [0.5, 0.6) is 0 Å². The number of anilines is 1. The van der Waals surface area contributed by atoms with E-state index in [4.69, 9.17) is 9.84 Å². The van der Waals surface area contributed by atoms with E-state index in [0.717, 1.165) is 11.1 Å². The zero-order valence-electron chi connectivity index (χ0n) is 15.4. The first kappa shape index (κ1) is 19.3. The maximum atomic E-state index is 11.3. The maximum Gasteiger partial charge on any atom is 0.335 e. The van der Waals surface area contributed by atoms with E-state index < -0.39 is 36.6 Å². The zero-order chi connectivity index (χ0) is 20.7.